The fourth-order valence-electron chi connectivity index (χ4n) is 2.08. The first-order chi connectivity index (χ1) is 8.65. The Morgan fingerprint density at radius 1 is 1.39 bits per heavy atom. The van der Waals surface area contributed by atoms with Crippen molar-refractivity contribution in [3.05, 3.63) is 35.7 Å². The summed E-state index contributed by atoms with van der Waals surface area (Å²) in [6.45, 7) is 2.82. The van der Waals surface area contributed by atoms with Gasteiger partial charge in [-0.1, -0.05) is 0 Å². The van der Waals surface area contributed by atoms with Gasteiger partial charge < -0.3 is 14.6 Å². The van der Waals surface area contributed by atoms with Crippen LogP contribution in [-0.4, -0.2) is 23.7 Å². The average Bonchev–Trinajstić information content (AvgIpc) is 2.71. The Morgan fingerprint density at radius 2 is 2.17 bits per heavy atom. The Bertz CT molecular complexity index is 546. The lowest BCUT2D eigenvalue weighted by Crippen LogP contribution is -2.04. The van der Waals surface area contributed by atoms with Gasteiger partial charge in [0.05, 0.1) is 12.8 Å². The van der Waals surface area contributed by atoms with E-state index in [1.54, 1.807) is 7.11 Å². The van der Waals surface area contributed by atoms with Gasteiger partial charge in [0.1, 0.15) is 11.6 Å². The number of hydrogen-bond donors (Lipinski definition) is 1. The topological polar surface area (TPSA) is 39.1 Å². The Morgan fingerprint density at radius 3 is 2.78 bits per heavy atom. The molecule has 0 fully saturated rings. The summed E-state index contributed by atoms with van der Waals surface area (Å²) < 4.78 is 7.32. The van der Waals surface area contributed by atoms with Gasteiger partial charge in [-0.2, -0.15) is 0 Å². The van der Waals surface area contributed by atoms with Crippen LogP contribution in [0, 0.1) is 6.92 Å². The lowest BCUT2D eigenvalue weighted by Gasteiger charge is -2.07. The molecule has 0 aliphatic heterocycles. The second-order valence-corrected chi connectivity index (χ2v) is 4.38. The summed E-state index contributed by atoms with van der Waals surface area (Å²) >= 11 is 0. The maximum atomic E-state index is 5.27. The number of hydrogen-bond acceptors (Lipinski definition) is 3. The molecule has 4 nitrogen and oxygen atoms in total. The molecule has 0 radical (unpaired) electrons. The smallest absolute Gasteiger partial charge is 0.140 e. The molecule has 0 atom stereocenters. The molecule has 0 amide bonds. The summed E-state index contributed by atoms with van der Waals surface area (Å²) in [7, 11) is 5.63. The van der Waals surface area contributed by atoms with Gasteiger partial charge in [-0.3, -0.25) is 0 Å². The Balaban J connectivity index is 2.39. The molecule has 1 heterocycles. The molecule has 4 heteroatoms. The van der Waals surface area contributed by atoms with Gasteiger partial charge in [0, 0.05) is 25.4 Å². The fourth-order valence-corrected chi connectivity index (χ4v) is 2.08. The molecule has 1 N–H and O–H groups in total. The summed E-state index contributed by atoms with van der Waals surface area (Å²) in [4.78, 5) is 4.63. The zero-order valence-electron chi connectivity index (χ0n) is 11.3. The minimum absolute atomic E-state index is 0.781. The quantitative estimate of drug-likeness (QED) is 0.896. The highest BCUT2D eigenvalue weighted by molar-refractivity contribution is 5.59. The van der Waals surface area contributed by atoms with Crippen LogP contribution in [0.5, 0.6) is 5.75 Å². The normalized spacial score (nSPS) is 10.7. The maximum Gasteiger partial charge on any atom is 0.140 e. The molecule has 0 bridgehead atoms. The van der Waals surface area contributed by atoms with Crippen molar-refractivity contribution in [2.75, 3.05) is 14.2 Å². The molecule has 0 aliphatic rings. The van der Waals surface area contributed by atoms with Gasteiger partial charge in [0.15, 0.2) is 0 Å². The number of nitrogens with one attached hydrogen (secondary N) is 1. The molecule has 18 heavy (non-hydrogen) atoms. The second kappa shape index (κ2) is 5.23. The summed E-state index contributed by atoms with van der Waals surface area (Å²) in [5, 5.41) is 3.11. The van der Waals surface area contributed by atoms with E-state index in [1.807, 2.05) is 43.9 Å². The molecule has 0 spiro atoms. The van der Waals surface area contributed by atoms with Crippen molar-refractivity contribution < 1.29 is 4.74 Å². The van der Waals surface area contributed by atoms with Crippen molar-refractivity contribution >= 4 is 0 Å². The van der Waals surface area contributed by atoms with Crippen LogP contribution in [0.15, 0.2) is 24.4 Å². The molecular formula is C14H19N3O. The van der Waals surface area contributed by atoms with Gasteiger partial charge in [0.25, 0.3) is 0 Å². The Hall–Kier alpha value is -1.81. The largest absolute Gasteiger partial charge is 0.496 e. The van der Waals surface area contributed by atoms with E-state index in [0.29, 0.717) is 0 Å². The third kappa shape index (κ3) is 2.38. The van der Waals surface area contributed by atoms with Crippen LogP contribution in [0.4, 0.5) is 0 Å². The lowest BCUT2D eigenvalue weighted by atomic mass is 10.1. The molecule has 1 aromatic carbocycles. The second-order valence-electron chi connectivity index (χ2n) is 4.38. The number of aryl methyl sites for hydroxylation is 2. The Kier molecular flexibility index (Phi) is 3.67. The highest BCUT2D eigenvalue weighted by atomic mass is 16.5. The number of rotatable bonds is 4. The summed E-state index contributed by atoms with van der Waals surface area (Å²) in [5.74, 6) is 1.88. The molecule has 2 rings (SSSR count). The van der Waals surface area contributed by atoms with Crippen LogP contribution < -0.4 is 10.1 Å². The van der Waals surface area contributed by atoms with E-state index in [-0.39, 0.29) is 0 Å². The van der Waals surface area contributed by atoms with E-state index in [9.17, 15) is 0 Å². The molecule has 0 saturated heterocycles. The summed E-state index contributed by atoms with van der Waals surface area (Å²) in [6.07, 6.45) is 2.05. The maximum absolute atomic E-state index is 5.27. The first-order valence-corrected chi connectivity index (χ1v) is 5.97. The fraction of sp³-hybridized carbons (Fsp3) is 0.357. The van der Waals surface area contributed by atoms with Crippen LogP contribution in [0.3, 0.4) is 0 Å². The van der Waals surface area contributed by atoms with E-state index < -0.39 is 0 Å². The third-order valence-electron chi connectivity index (χ3n) is 2.94. The predicted molar refractivity (Wildman–Crippen MR) is 72.7 cm³/mol. The minimum atomic E-state index is 0.781. The average molecular weight is 245 g/mol. The first-order valence-electron chi connectivity index (χ1n) is 5.97. The standard InChI is InChI=1S/C14H19N3O/c1-10-7-11(5-6-13(10)18-4)14-16-12(8-15-2)9-17(14)3/h5-7,9,15H,8H2,1-4H3. The SMILES string of the molecule is CNCc1cn(C)c(-c2ccc(OC)c(C)c2)n1. The van der Waals surface area contributed by atoms with Crippen LogP contribution in [-0.2, 0) is 13.6 Å². The summed E-state index contributed by atoms with van der Waals surface area (Å²) in [5.41, 5.74) is 3.27. The number of aromatic nitrogens is 2. The van der Waals surface area contributed by atoms with E-state index in [4.69, 9.17) is 4.74 Å². The van der Waals surface area contributed by atoms with Crippen LogP contribution in [0.25, 0.3) is 11.4 Å². The zero-order valence-corrected chi connectivity index (χ0v) is 11.3. The van der Waals surface area contributed by atoms with Gasteiger partial charge >= 0.3 is 0 Å². The molecule has 0 saturated carbocycles. The molecule has 96 valence electrons. The van der Waals surface area contributed by atoms with E-state index >= 15 is 0 Å². The van der Waals surface area contributed by atoms with Crippen molar-refractivity contribution in [3.63, 3.8) is 0 Å². The number of benzene rings is 1. The molecule has 1 aromatic heterocycles. The molecule has 0 unspecified atom stereocenters. The highest BCUT2D eigenvalue weighted by Gasteiger charge is 2.09. The van der Waals surface area contributed by atoms with Crippen molar-refractivity contribution in [3.8, 4) is 17.1 Å². The number of imidazole rings is 1. The van der Waals surface area contributed by atoms with E-state index in [0.717, 1.165) is 34.9 Å². The summed E-state index contributed by atoms with van der Waals surface area (Å²) in [6, 6.07) is 6.12. The van der Waals surface area contributed by atoms with Crippen molar-refractivity contribution in [1.82, 2.24) is 14.9 Å². The molecule has 2 aromatic rings. The van der Waals surface area contributed by atoms with Crippen LogP contribution >= 0.6 is 0 Å². The van der Waals surface area contributed by atoms with Crippen LogP contribution in [0.2, 0.25) is 0 Å². The minimum Gasteiger partial charge on any atom is -0.496 e. The van der Waals surface area contributed by atoms with E-state index in [1.165, 1.54) is 0 Å². The van der Waals surface area contributed by atoms with Crippen molar-refractivity contribution in [1.29, 1.82) is 0 Å². The Labute approximate surface area is 108 Å². The molecular weight excluding hydrogens is 226 g/mol. The van der Waals surface area contributed by atoms with Gasteiger partial charge in [-0.15, -0.1) is 0 Å². The highest BCUT2D eigenvalue weighted by Crippen LogP contribution is 2.25. The number of nitrogens with zero attached hydrogens (tertiary/aromatic N) is 2. The predicted octanol–water partition coefficient (Wildman–Crippen LogP) is 2.12. The zero-order chi connectivity index (χ0) is 13.1. The van der Waals surface area contributed by atoms with Crippen molar-refractivity contribution in [2.45, 2.75) is 13.5 Å². The van der Waals surface area contributed by atoms with Crippen molar-refractivity contribution in [2.24, 2.45) is 7.05 Å². The van der Waals surface area contributed by atoms with Crippen LogP contribution in [0.1, 0.15) is 11.3 Å². The number of ether oxygens (including phenoxy) is 1. The van der Waals surface area contributed by atoms with Gasteiger partial charge in [-0.05, 0) is 37.7 Å². The van der Waals surface area contributed by atoms with Gasteiger partial charge in [0.2, 0.25) is 0 Å². The number of methoxy groups -OCH3 is 1. The van der Waals surface area contributed by atoms with E-state index in [2.05, 4.69) is 16.4 Å². The van der Waals surface area contributed by atoms with Gasteiger partial charge in [-0.25, -0.2) is 4.98 Å². The molecule has 0 aliphatic carbocycles. The lowest BCUT2D eigenvalue weighted by molar-refractivity contribution is 0.412. The monoisotopic (exact) mass is 245 g/mol. The first kappa shape index (κ1) is 12.6. The third-order valence-corrected chi connectivity index (χ3v) is 2.94.